The second-order valence-corrected chi connectivity index (χ2v) is 8.58. The van der Waals surface area contributed by atoms with Gasteiger partial charge in [0.25, 0.3) is 0 Å². The molecule has 0 amide bonds. The minimum Gasteiger partial charge on any atom is -1.00 e. The highest BCUT2D eigenvalue weighted by molar-refractivity contribution is 7.89. The lowest BCUT2D eigenvalue weighted by Crippen LogP contribution is -3.00. The molecule has 1 fully saturated rings. The Morgan fingerprint density at radius 1 is 1.04 bits per heavy atom. The van der Waals surface area contributed by atoms with Crippen molar-refractivity contribution in [3.05, 3.63) is 28.3 Å². The highest BCUT2D eigenvalue weighted by Gasteiger charge is 2.32. The van der Waals surface area contributed by atoms with E-state index in [2.05, 4.69) is 18.0 Å². The maximum atomic E-state index is 13.2. The van der Waals surface area contributed by atoms with Gasteiger partial charge >= 0.3 is 0 Å². The van der Waals surface area contributed by atoms with E-state index in [1.165, 1.54) is 0 Å². The Morgan fingerprint density at radius 2 is 1.48 bits per heavy atom. The maximum absolute atomic E-state index is 13.2. The fraction of sp³-hybridized carbons (Fsp3) is 0.647. The maximum Gasteiger partial charge on any atom is 0.243 e. The molecule has 0 radical (unpaired) electrons. The lowest BCUT2D eigenvalue weighted by atomic mass is 10.0. The third-order valence-corrected chi connectivity index (χ3v) is 7.32. The number of piperidine rings is 1. The van der Waals surface area contributed by atoms with Gasteiger partial charge in [0.2, 0.25) is 10.0 Å². The van der Waals surface area contributed by atoms with Crippen LogP contribution in [-0.4, -0.2) is 50.8 Å². The van der Waals surface area contributed by atoms with Crippen LogP contribution in [0.3, 0.4) is 0 Å². The van der Waals surface area contributed by atoms with E-state index in [1.807, 2.05) is 27.7 Å². The molecule has 0 saturated carbocycles. The summed E-state index contributed by atoms with van der Waals surface area (Å²) in [5.74, 6) is 0. The molecule has 4 nitrogen and oxygen atoms in total. The number of nitrogens with zero attached hydrogens (tertiary/aromatic N) is 2. The van der Waals surface area contributed by atoms with Crippen LogP contribution in [0.4, 0.5) is 0 Å². The van der Waals surface area contributed by atoms with E-state index in [1.54, 1.807) is 11.4 Å². The van der Waals surface area contributed by atoms with Crippen molar-refractivity contribution in [1.82, 2.24) is 9.21 Å². The Balaban J connectivity index is 0.00000264. The zero-order valence-corrected chi connectivity index (χ0v) is 16.6. The van der Waals surface area contributed by atoms with Gasteiger partial charge in [-0.15, -0.1) is 0 Å². The van der Waals surface area contributed by atoms with Gasteiger partial charge in [-0.2, -0.15) is 4.31 Å². The van der Waals surface area contributed by atoms with E-state index in [9.17, 15) is 8.42 Å². The van der Waals surface area contributed by atoms with Crippen molar-refractivity contribution < 1.29 is 20.8 Å². The Labute approximate surface area is 147 Å². The Kier molecular flexibility index (Phi) is 6.67. The summed E-state index contributed by atoms with van der Waals surface area (Å²) < 4.78 is 27.9. The van der Waals surface area contributed by atoms with E-state index >= 15 is 0 Å². The monoisotopic (exact) mass is 359 g/mol. The average molecular weight is 360 g/mol. The van der Waals surface area contributed by atoms with E-state index in [0.29, 0.717) is 4.90 Å². The van der Waals surface area contributed by atoms with Crippen molar-refractivity contribution in [2.24, 2.45) is 0 Å². The number of sulfonamides is 1. The van der Waals surface area contributed by atoms with Gasteiger partial charge in [0.15, 0.2) is 0 Å². The van der Waals surface area contributed by atoms with Crippen molar-refractivity contribution in [3.63, 3.8) is 0 Å². The number of aryl methyl sites for hydroxylation is 2. The fourth-order valence-corrected chi connectivity index (χ4v) is 5.25. The lowest BCUT2D eigenvalue weighted by Gasteiger charge is -2.35. The summed E-state index contributed by atoms with van der Waals surface area (Å²) in [5, 5.41) is 0. The van der Waals surface area contributed by atoms with E-state index < -0.39 is 10.0 Å². The van der Waals surface area contributed by atoms with Crippen LogP contribution in [-0.2, 0) is 10.0 Å². The number of hydrogen-bond donors (Lipinski definition) is 0. The first-order chi connectivity index (χ1) is 10.2. The molecule has 0 N–H and O–H groups in total. The molecule has 0 bridgehead atoms. The molecule has 1 aliphatic rings. The molecule has 1 aromatic rings. The van der Waals surface area contributed by atoms with Crippen LogP contribution in [0, 0.1) is 27.7 Å². The topological polar surface area (TPSA) is 40.6 Å². The molecule has 0 aromatic heterocycles. The minimum atomic E-state index is -3.45. The van der Waals surface area contributed by atoms with E-state index in [0.717, 1.165) is 48.2 Å². The smallest absolute Gasteiger partial charge is 0.243 e. The van der Waals surface area contributed by atoms with Gasteiger partial charge in [0.1, 0.15) is 0 Å². The normalized spacial score (nSPS) is 17.3. The summed E-state index contributed by atoms with van der Waals surface area (Å²) in [6.07, 6.45) is 1.80. The van der Waals surface area contributed by atoms with Gasteiger partial charge in [-0.1, -0.05) is 6.07 Å². The van der Waals surface area contributed by atoms with Gasteiger partial charge in [-0.25, -0.2) is 8.42 Å². The number of halogens is 1. The molecular weight excluding hydrogens is 332 g/mol. The van der Waals surface area contributed by atoms with Crippen LogP contribution < -0.4 is 12.4 Å². The molecule has 1 saturated heterocycles. The first-order valence-electron chi connectivity index (χ1n) is 7.90. The van der Waals surface area contributed by atoms with E-state index in [4.69, 9.17) is 0 Å². The van der Waals surface area contributed by atoms with Gasteiger partial charge in [-0.3, -0.25) is 0 Å². The van der Waals surface area contributed by atoms with E-state index in [-0.39, 0.29) is 18.4 Å². The summed E-state index contributed by atoms with van der Waals surface area (Å²) in [7, 11) is 0.377. The number of likely N-dealkylation sites (tertiary alicyclic amines) is 1. The number of benzene rings is 1. The van der Waals surface area contributed by atoms with Crippen LogP contribution in [0.5, 0.6) is 0 Å². The van der Waals surface area contributed by atoms with Crippen molar-refractivity contribution in [2.45, 2.75) is 51.5 Å². The molecule has 2 rings (SSSR count). The zero-order valence-electron chi connectivity index (χ0n) is 15.0. The number of hydrogen-bond acceptors (Lipinski definition) is 3. The van der Waals surface area contributed by atoms with Crippen molar-refractivity contribution >= 4 is 10.0 Å². The molecule has 0 atom stereocenters. The lowest BCUT2D eigenvalue weighted by molar-refractivity contribution is -0.00000768. The molecule has 6 heteroatoms. The molecule has 0 spiro atoms. The zero-order chi connectivity index (χ0) is 16.7. The highest BCUT2D eigenvalue weighted by Crippen LogP contribution is 2.30. The standard InChI is InChI=1S/C17H28N2O2S.ClH/c1-12-11-13(2)15(4)17(14(12)3)22(20,21)19(6)16-7-9-18(5)10-8-16;/h11,16H,7-10H2,1-6H3;1H/p-1. The van der Waals surface area contributed by atoms with Crippen molar-refractivity contribution in [2.75, 3.05) is 27.2 Å². The van der Waals surface area contributed by atoms with Crippen molar-refractivity contribution in [3.8, 4) is 0 Å². The first kappa shape index (κ1) is 20.4. The molecule has 23 heavy (non-hydrogen) atoms. The Bertz CT molecular complexity index is 639. The second-order valence-electron chi connectivity index (χ2n) is 6.65. The van der Waals surface area contributed by atoms with Crippen LogP contribution >= 0.6 is 0 Å². The molecule has 0 aliphatic carbocycles. The molecular formula is C17H28ClN2O2S-. The van der Waals surface area contributed by atoms with Crippen LogP contribution in [0.1, 0.15) is 35.1 Å². The molecule has 0 unspecified atom stereocenters. The summed E-state index contributed by atoms with van der Waals surface area (Å²) in [4.78, 5) is 2.76. The summed E-state index contributed by atoms with van der Waals surface area (Å²) >= 11 is 0. The van der Waals surface area contributed by atoms with Gasteiger partial charge in [-0.05, 0) is 82.9 Å². The average Bonchev–Trinajstić information content (AvgIpc) is 2.45. The Morgan fingerprint density at radius 3 is 1.91 bits per heavy atom. The first-order valence-corrected chi connectivity index (χ1v) is 9.34. The largest absolute Gasteiger partial charge is 1.00 e. The molecule has 1 aromatic carbocycles. The minimum absolute atomic E-state index is 0. The molecule has 1 aliphatic heterocycles. The molecule has 1 heterocycles. The summed E-state index contributed by atoms with van der Waals surface area (Å²) in [5.41, 5.74) is 3.84. The predicted octanol–water partition coefficient (Wildman–Crippen LogP) is -0.361. The second kappa shape index (κ2) is 7.51. The highest BCUT2D eigenvalue weighted by atomic mass is 35.5. The van der Waals surface area contributed by atoms with Gasteiger partial charge < -0.3 is 17.3 Å². The predicted molar refractivity (Wildman–Crippen MR) is 90.9 cm³/mol. The van der Waals surface area contributed by atoms with Crippen molar-refractivity contribution in [1.29, 1.82) is 0 Å². The van der Waals surface area contributed by atoms with Gasteiger partial charge in [0, 0.05) is 13.1 Å². The third kappa shape index (κ3) is 3.90. The Hall–Kier alpha value is -0.620. The SMILES string of the molecule is Cc1cc(C)c(C)c(S(=O)(=O)N(C)C2CCN(C)CC2)c1C.[Cl-]. The fourth-order valence-electron chi connectivity index (χ4n) is 3.27. The molecule has 132 valence electrons. The number of rotatable bonds is 3. The quantitative estimate of drug-likeness (QED) is 0.740. The van der Waals surface area contributed by atoms with Crippen LogP contribution in [0.2, 0.25) is 0 Å². The van der Waals surface area contributed by atoms with Crippen LogP contribution in [0.25, 0.3) is 0 Å². The summed E-state index contributed by atoms with van der Waals surface area (Å²) in [6, 6.07) is 2.17. The van der Waals surface area contributed by atoms with Crippen LogP contribution in [0.15, 0.2) is 11.0 Å². The van der Waals surface area contributed by atoms with Gasteiger partial charge in [0.05, 0.1) is 4.90 Å². The third-order valence-electron chi connectivity index (χ3n) is 5.14. The summed E-state index contributed by atoms with van der Waals surface area (Å²) in [6.45, 7) is 9.70.